The normalized spacial score (nSPS) is 27.0. The number of hydrogen-bond donors (Lipinski definition) is 2. The van der Waals surface area contributed by atoms with Gasteiger partial charge in [0, 0.05) is 0 Å². The van der Waals surface area contributed by atoms with Gasteiger partial charge in [0.2, 0.25) is 0 Å². The average Bonchev–Trinajstić information content (AvgIpc) is 2.47. The summed E-state index contributed by atoms with van der Waals surface area (Å²) in [6.07, 6.45) is 1.35. The second-order valence-corrected chi connectivity index (χ2v) is 5.59. The highest BCUT2D eigenvalue weighted by molar-refractivity contribution is 5.79. The molecule has 0 radical (unpaired) electrons. The van der Waals surface area contributed by atoms with Crippen LogP contribution in [0.4, 0.5) is 0 Å². The SMILES string of the molecule is CCOC(=O)C1CCCC(CC(O)CO)(C(=O)OCC)C1. The van der Waals surface area contributed by atoms with E-state index in [1.54, 1.807) is 13.8 Å². The number of ether oxygens (including phenoxy) is 2. The van der Waals surface area contributed by atoms with Gasteiger partial charge in [0.25, 0.3) is 0 Å². The molecule has 0 heterocycles. The van der Waals surface area contributed by atoms with Crippen molar-refractivity contribution in [1.29, 1.82) is 0 Å². The quantitative estimate of drug-likeness (QED) is 0.682. The summed E-state index contributed by atoms with van der Waals surface area (Å²) in [7, 11) is 0. The molecular formula is C15H26O6. The van der Waals surface area contributed by atoms with Crippen LogP contribution < -0.4 is 0 Å². The van der Waals surface area contributed by atoms with Crippen LogP contribution in [0.3, 0.4) is 0 Å². The molecule has 0 bridgehead atoms. The molecule has 0 aromatic rings. The second kappa shape index (κ2) is 8.34. The summed E-state index contributed by atoms with van der Waals surface area (Å²) in [5.41, 5.74) is -0.909. The highest BCUT2D eigenvalue weighted by atomic mass is 16.5. The van der Waals surface area contributed by atoms with E-state index in [-0.39, 0.29) is 24.9 Å². The third-order valence-electron chi connectivity index (χ3n) is 4.01. The Hall–Kier alpha value is -1.14. The van der Waals surface area contributed by atoms with Gasteiger partial charge < -0.3 is 19.7 Å². The predicted molar refractivity (Wildman–Crippen MR) is 75.4 cm³/mol. The Balaban J connectivity index is 2.89. The fourth-order valence-corrected chi connectivity index (χ4v) is 3.08. The van der Waals surface area contributed by atoms with E-state index in [9.17, 15) is 14.7 Å². The molecule has 1 aliphatic carbocycles. The maximum absolute atomic E-state index is 12.3. The van der Waals surface area contributed by atoms with Gasteiger partial charge in [-0.05, 0) is 39.5 Å². The van der Waals surface area contributed by atoms with Crippen LogP contribution in [0, 0.1) is 11.3 Å². The molecule has 0 aliphatic heterocycles. The van der Waals surface area contributed by atoms with Gasteiger partial charge in [0.1, 0.15) is 0 Å². The van der Waals surface area contributed by atoms with Gasteiger partial charge in [-0.15, -0.1) is 0 Å². The largest absolute Gasteiger partial charge is 0.466 e. The van der Waals surface area contributed by atoms with E-state index in [0.717, 1.165) is 0 Å². The zero-order chi connectivity index (χ0) is 15.9. The Morgan fingerprint density at radius 2 is 1.95 bits per heavy atom. The lowest BCUT2D eigenvalue weighted by atomic mass is 9.66. The zero-order valence-corrected chi connectivity index (χ0v) is 12.8. The Labute approximate surface area is 125 Å². The van der Waals surface area contributed by atoms with Crippen molar-refractivity contribution < 1.29 is 29.3 Å². The standard InChI is InChI=1S/C15H26O6/c1-3-20-13(18)11-6-5-7-15(8-11,9-12(17)10-16)14(19)21-4-2/h11-12,16-17H,3-10H2,1-2H3. The summed E-state index contributed by atoms with van der Waals surface area (Å²) in [6.45, 7) is 3.61. The van der Waals surface area contributed by atoms with Crippen molar-refractivity contribution in [2.75, 3.05) is 19.8 Å². The van der Waals surface area contributed by atoms with Crippen molar-refractivity contribution in [1.82, 2.24) is 0 Å². The zero-order valence-electron chi connectivity index (χ0n) is 12.8. The minimum atomic E-state index is -0.990. The lowest BCUT2D eigenvalue weighted by Crippen LogP contribution is -2.43. The van der Waals surface area contributed by atoms with Crippen molar-refractivity contribution in [2.24, 2.45) is 11.3 Å². The summed E-state index contributed by atoms with van der Waals surface area (Å²) in [5, 5.41) is 18.8. The van der Waals surface area contributed by atoms with Crippen LogP contribution in [0.2, 0.25) is 0 Å². The van der Waals surface area contributed by atoms with Crippen molar-refractivity contribution in [2.45, 2.75) is 52.1 Å². The molecule has 0 spiro atoms. The molecule has 6 nitrogen and oxygen atoms in total. The van der Waals surface area contributed by atoms with Crippen LogP contribution in [0.15, 0.2) is 0 Å². The molecular weight excluding hydrogens is 276 g/mol. The van der Waals surface area contributed by atoms with Crippen molar-refractivity contribution in [3.8, 4) is 0 Å². The summed E-state index contributed by atoms with van der Waals surface area (Å²) < 4.78 is 10.2. The molecule has 122 valence electrons. The van der Waals surface area contributed by atoms with Gasteiger partial charge in [-0.2, -0.15) is 0 Å². The van der Waals surface area contributed by atoms with E-state index in [4.69, 9.17) is 14.6 Å². The molecule has 3 unspecified atom stereocenters. The molecule has 0 aromatic heterocycles. The first-order valence-electron chi connectivity index (χ1n) is 7.61. The third-order valence-corrected chi connectivity index (χ3v) is 4.01. The number of carbonyl (C=O) groups excluding carboxylic acids is 2. The number of carbonyl (C=O) groups is 2. The van der Waals surface area contributed by atoms with Crippen LogP contribution in [0.1, 0.15) is 46.0 Å². The monoisotopic (exact) mass is 302 g/mol. The van der Waals surface area contributed by atoms with Crippen LogP contribution >= 0.6 is 0 Å². The first kappa shape index (κ1) is 17.9. The van der Waals surface area contributed by atoms with E-state index in [1.807, 2.05) is 0 Å². The topological polar surface area (TPSA) is 93.1 Å². The predicted octanol–water partition coefficient (Wildman–Crippen LogP) is 1.03. The van der Waals surface area contributed by atoms with Gasteiger partial charge in [-0.1, -0.05) is 6.42 Å². The highest BCUT2D eigenvalue weighted by Crippen LogP contribution is 2.44. The van der Waals surface area contributed by atoms with Crippen LogP contribution in [0.25, 0.3) is 0 Å². The van der Waals surface area contributed by atoms with E-state index in [0.29, 0.717) is 32.3 Å². The number of hydrogen-bond acceptors (Lipinski definition) is 6. The maximum Gasteiger partial charge on any atom is 0.312 e. The van der Waals surface area contributed by atoms with Crippen LogP contribution in [0.5, 0.6) is 0 Å². The van der Waals surface area contributed by atoms with Gasteiger partial charge in [-0.25, -0.2) is 0 Å². The molecule has 6 heteroatoms. The molecule has 2 N–H and O–H groups in total. The lowest BCUT2D eigenvalue weighted by Gasteiger charge is -2.38. The van der Waals surface area contributed by atoms with Crippen LogP contribution in [-0.2, 0) is 19.1 Å². The summed E-state index contributed by atoms with van der Waals surface area (Å²) in [4.78, 5) is 24.3. The van der Waals surface area contributed by atoms with E-state index >= 15 is 0 Å². The minimum Gasteiger partial charge on any atom is -0.466 e. The molecule has 21 heavy (non-hydrogen) atoms. The molecule has 1 fully saturated rings. The Bertz CT molecular complexity index is 356. The van der Waals surface area contributed by atoms with E-state index in [1.165, 1.54) is 0 Å². The minimum absolute atomic E-state index is 0.109. The lowest BCUT2D eigenvalue weighted by molar-refractivity contribution is -0.165. The van der Waals surface area contributed by atoms with E-state index < -0.39 is 24.1 Å². The highest BCUT2D eigenvalue weighted by Gasteiger charge is 2.47. The second-order valence-electron chi connectivity index (χ2n) is 5.59. The van der Waals surface area contributed by atoms with E-state index in [2.05, 4.69) is 0 Å². The van der Waals surface area contributed by atoms with Gasteiger partial charge in [0.15, 0.2) is 0 Å². The number of rotatable bonds is 7. The Kier molecular flexibility index (Phi) is 7.11. The van der Waals surface area contributed by atoms with Gasteiger partial charge in [0.05, 0.1) is 37.3 Å². The third kappa shape index (κ3) is 4.68. The Morgan fingerprint density at radius 1 is 1.29 bits per heavy atom. The summed E-state index contributed by atoms with van der Waals surface area (Å²) >= 11 is 0. The first-order valence-corrected chi connectivity index (χ1v) is 7.61. The average molecular weight is 302 g/mol. The summed E-state index contributed by atoms with van der Waals surface area (Å²) in [5.74, 6) is -1.05. The van der Waals surface area contributed by atoms with Crippen molar-refractivity contribution in [3.63, 3.8) is 0 Å². The summed E-state index contributed by atoms with van der Waals surface area (Å²) in [6, 6.07) is 0. The fourth-order valence-electron chi connectivity index (χ4n) is 3.08. The molecule has 1 saturated carbocycles. The molecule has 1 rings (SSSR count). The smallest absolute Gasteiger partial charge is 0.312 e. The van der Waals surface area contributed by atoms with Crippen molar-refractivity contribution in [3.05, 3.63) is 0 Å². The maximum atomic E-state index is 12.3. The first-order chi connectivity index (χ1) is 9.99. The molecule has 1 aliphatic rings. The van der Waals surface area contributed by atoms with Gasteiger partial charge >= 0.3 is 11.9 Å². The molecule has 0 saturated heterocycles. The molecule has 0 amide bonds. The van der Waals surface area contributed by atoms with Gasteiger partial charge in [-0.3, -0.25) is 9.59 Å². The number of aliphatic hydroxyl groups is 2. The molecule has 0 aromatic carbocycles. The molecule has 3 atom stereocenters. The fraction of sp³-hybridized carbons (Fsp3) is 0.867. The number of aliphatic hydroxyl groups excluding tert-OH is 2. The number of esters is 2. The van der Waals surface area contributed by atoms with Crippen LogP contribution in [-0.4, -0.2) is 48.1 Å². The Morgan fingerprint density at radius 3 is 2.52 bits per heavy atom. The van der Waals surface area contributed by atoms with Crippen molar-refractivity contribution >= 4 is 11.9 Å².